The Hall–Kier alpha value is -2.98. The number of aromatic nitrogens is 2. The molecular weight excluding hydrogens is 436 g/mol. The predicted molar refractivity (Wildman–Crippen MR) is 124 cm³/mol. The van der Waals surface area contributed by atoms with Gasteiger partial charge in [0.25, 0.3) is 0 Å². The molecule has 0 aliphatic carbocycles. The normalized spacial score (nSPS) is 11.5. The third kappa shape index (κ3) is 6.25. The summed E-state index contributed by atoms with van der Waals surface area (Å²) in [5, 5.41) is 14.7. The fraction of sp³-hybridized carbons (Fsp3) is 0.286. The van der Waals surface area contributed by atoms with E-state index in [2.05, 4.69) is 20.8 Å². The summed E-state index contributed by atoms with van der Waals surface area (Å²) >= 11 is 2.71. The Morgan fingerprint density at radius 1 is 1.13 bits per heavy atom. The molecule has 1 heterocycles. The van der Waals surface area contributed by atoms with Gasteiger partial charge in [0.2, 0.25) is 11.0 Å². The van der Waals surface area contributed by atoms with Gasteiger partial charge in [0.1, 0.15) is 17.2 Å². The van der Waals surface area contributed by atoms with Crippen molar-refractivity contribution in [2.75, 3.05) is 31.5 Å². The minimum atomic E-state index is -0.381. The van der Waals surface area contributed by atoms with E-state index in [1.165, 1.54) is 23.1 Å². The van der Waals surface area contributed by atoms with Gasteiger partial charge in [0, 0.05) is 23.9 Å². The van der Waals surface area contributed by atoms with Gasteiger partial charge < -0.3 is 24.8 Å². The molecular formula is C21H24N4O4S2. The molecule has 164 valence electrons. The van der Waals surface area contributed by atoms with Crippen molar-refractivity contribution in [1.29, 1.82) is 0 Å². The summed E-state index contributed by atoms with van der Waals surface area (Å²) in [5.74, 6) is 1.78. The van der Waals surface area contributed by atoms with E-state index < -0.39 is 0 Å². The number of carbonyl (C=O) groups excluding carboxylic acids is 1. The largest absolute Gasteiger partial charge is 0.497 e. The summed E-state index contributed by atoms with van der Waals surface area (Å²) in [5.41, 5.74) is 1.41. The smallest absolute Gasteiger partial charge is 0.237 e. The van der Waals surface area contributed by atoms with Crippen LogP contribution in [0.1, 0.15) is 13.8 Å². The molecule has 8 nitrogen and oxygen atoms in total. The zero-order valence-corrected chi connectivity index (χ0v) is 19.3. The summed E-state index contributed by atoms with van der Waals surface area (Å²) < 4.78 is 16.8. The number of nitrogens with zero attached hydrogens (tertiary/aromatic N) is 2. The number of para-hydroxylation sites is 2. The van der Waals surface area contributed by atoms with Crippen LogP contribution in [0.3, 0.4) is 0 Å². The maximum Gasteiger partial charge on any atom is 0.237 e. The van der Waals surface area contributed by atoms with E-state index in [9.17, 15) is 4.79 Å². The molecule has 0 bridgehead atoms. The number of hydrogen-bond donors (Lipinski definition) is 2. The van der Waals surface area contributed by atoms with E-state index >= 15 is 0 Å². The van der Waals surface area contributed by atoms with Crippen LogP contribution in [-0.4, -0.2) is 42.2 Å². The minimum Gasteiger partial charge on any atom is -0.497 e. The molecule has 3 aromatic rings. The van der Waals surface area contributed by atoms with E-state index in [4.69, 9.17) is 14.2 Å². The summed E-state index contributed by atoms with van der Waals surface area (Å²) in [6.07, 6.45) is 0. The lowest BCUT2D eigenvalue weighted by Gasteiger charge is -2.12. The Morgan fingerprint density at radius 2 is 1.84 bits per heavy atom. The van der Waals surface area contributed by atoms with E-state index in [1.54, 1.807) is 32.4 Å². The second-order valence-corrected chi connectivity index (χ2v) is 8.84. The van der Waals surface area contributed by atoms with Crippen molar-refractivity contribution in [3.63, 3.8) is 0 Å². The third-order valence-electron chi connectivity index (χ3n) is 4.10. The molecule has 1 unspecified atom stereocenters. The van der Waals surface area contributed by atoms with Gasteiger partial charge in [0.15, 0.2) is 4.34 Å². The predicted octanol–water partition coefficient (Wildman–Crippen LogP) is 4.82. The maximum atomic E-state index is 12.6. The number of hydrogen-bond acceptors (Lipinski definition) is 9. The number of amides is 1. The quantitative estimate of drug-likeness (QED) is 0.416. The van der Waals surface area contributed by atoms with Gasteiger partial charge in [-0.15, -0.1) is 10.2 Å². The van der Waals surface area contributed by atoms with Crippen molar-refractivity contribution in [3.05, 3.63) is 42.5 Å². The molecule has 0 aliphatic rings. The molecule has 0 radical (unpaired) electrons. The minimum absolute atomic E-state index is 0.160. The molecule has 0 fully saturated rings. The Kier molecular flexibility index (Phi) is 7.96. The average Bonchev–Trinajstić information content (AvgIpc) is 3.21. The van der Waals surface area contributed by atoms with Crippen LogP contribution < -0.4 is 24.8 Å². The van der Waals surface area contributed by atoms with Gasteiger partial charge in [0.05, 0.1) is 31.8 Å². The molecule has 1 amide bonds. The third-order valence-corrected chi connectivity index (χ3v) is 6.12. The monoisotopic (exact) mass is 460 g/mol. The van der Waals surface area contributed by atoms with Crippen molar-refractivity contribution < 1.29 is 19.0 Å². The van der Waals surface area contributed by atoms with Crippen LogP contribution in [0.5, 0.6) is 17.2 Å². The number of methoxy groups -OCH3 is 2. The number of nitrogens with one attached hydrogen (secondary N) is 2. The Balaban J connectivity index is 1.62. The second-order valence-electron chi connectivity index (χ2n) is 6.28. The molecule has 0 spiro atoms. The van der Waals surface area contributed by atoms with Crippen LogP contribution in [0.25, 0.3) is 0 Å². The van der Waals surface area contributed by atoms with Crippen LogP contribution in [0.4, 0.5) is 16.5 Å². The first kappa shape index (κ1) is 22.7. The lowest BCUT2D eigenvalue weighted by molar-refractivity contribution is -0.115. The van der Waals surface area contributed by atoms with Gasteiger partial charge in [-0.1, -0.05) is 35.2 Å². The summed E-state index contributed by atoms with van der Waals surface area (Å²) in [7, 11) is 3.12. The number of thioether (sulfide) groups is 1. The number of ether oxygens (including phenoxy) is 3. The van der Waals surface area contributed by atoms with Crippen molar-refractivity contribution in [2.24, 2.45) is 0 Å². The SMILES string of the molecule is CCOc1ccccc1Nc1nnc(SC(C)C(=O)Nc2cc(OC)cc(OC)c2)s1. The van der Waals surface area contributed by atoms with Crippen LogP contribution in [0, 0.1) is 0 Å². The molecule has 0 aliphatic heterocycles. The van der Waals surface area contributed by atoms with Crippen LogP contribution in [-0.2, 0) is 4.79 Å². The lowest BCUT2D eigenvalue weighted by atomic mass is 10.2. The highest BCUT2D eigenvalue weighted by Gasteiger charge is 2.18. The van der Waals surface area contributed by atoms with Gasteiger partial charge in [-0.3, -0.25) is 4.79 Å². The highest BCUT2D eigenvalue weighted by Crippen LogP contribution is 2.33. The molecule has 3 rings (SSSR count). The summed E-state index contributed by atoms with van der Waals surface area (Å²) in [6, 6.07) is 12.9. The van der Waals surface area contributed by atoms with Gasteiger partial charge in [-0.05, 0) is 26.0 Å². The molecule has 1 aromatic heterocycles. The van der Waals surface area contributed by atoms with Gasteiger partial charge in [-0.25, -0.2) is 0 Å². The number of anilines is 3. The van der Waals surface area contributed by atoms with Crippen molar-refractivity contribution in [2.45, 2.75) is 23.4 Å². The number of carbonyl (C=O) groups is 1. The first-order valence-corrected chi connectivity index (χ1v) is 11.2. The highest BCUT2D eigenvalue weighted by molar-refractivity contribution is 8.02. The molecule has 0 saturated carbocycles. The van der Waals surface area contributed by atoms with Crippen molar-refractivity contribution in [1.82, 2.24) is 10.2 Å². The van der Waals surface area contributed by atoms with Crippen LogP contribution in [0.2, 0.25) is 0 Å². The van der Waals surface area contributed by atoms with Gasteiger partial charge >= 0.3 is 0 Å². The first-order valence-electron chi connectivity index (χ1n) is 9.55. The summed E-state index contributed by atoms with van der Waals surface area (Å²) in [4.78, 5) is 12.6. The van der Waals surface area contributed by atoms with Crippen molar-refractivity contribution >= 4 is 45.5 Å². The van der Waals surface area contributed by atoms with E-state index in [0.717, 1.165) is 11.4 Å². The fourth-order valence-corrected chi connectivity index (χ4v) is 4.51. The molecule has 10 heteroatoms. The summed E-state index contributed by atoms with van der Waals surface area (Å²) in [6.45, 7) is 4.32. The van der Waals surface area contributed by atoms with E-state index in [1.807, 2.05) is 38.1 Å². The molecule has 2 aromatic carbocycles. The first-order chi connectivity index (χ1) is 15.0. The zero-order valence-electron chi connectivity index (χ0n) is 17.7. The maximum absolute atomic E-state index is 12.6. The van der Waals surface area contributed by atoms with Gasteiger partial charge in [-0.2, -0.15) is 0 Å². The molecule has 0 saturated heterocycles. The second kappa shape index (κ2) is 10.9. The molecule has 31 heavy (non-hydrogen) atoms. The Labute approximate surface area is 189 Å². The van der Waals surface area contributed by atoms with E-state index in [-0.39, 0.29) is 11.2 Å². The van der Waals surface area contributed by atoms with Crippen LogP contribution in [0.15, 0.2) is 46.8 Å². The lowest BCUT2D eigenvalue weighted by Crippen LogP contribution is -2.22. The zero-order chi connectivity index (χ0) is 22.2. The Morgan fingerprint density at radius 3 is 2.52 bits per heavy atom. The number of benzene rings is 2. The highest BCUT2D eigenvalue weighted by atomic mass is 32.2. The van der Waals surface area contributed by atoms with E-state index in [0.29, 0.717) is 33.3 Å². The average molecular weight is 461 g/mol. The topological polar surface area (TPSA) is 94.6 Å². The molecule has 1 atom stereocenters. The standard InChI is InChI=1S/C21H24N4O4S2/c1-5-29-18-9-7-6-8-17(18)23-20-24-25-21(31-20)30-13(2)19(26)22-14-10-15(27-3)12-16(11-14)28-4/h6-13H,5H2,1-4H3,(H,22,26)(H,23,24). The van der Waals surface area contributed by atoms with Crippen LogP contribution >= 0.6 is 23.1 Å². The Bertz CT molecular complexity index is 1010. The van der Waals surface area contributed by atoms with Crippen molar-refractivity contribution in [3.8, 4) is 17.2 Å². The molecule has 2 N–H and O–H groups in total. The number of rotatable bonds is 10. The fourth-order valence-electron chi connectivity index (χ4n) is 2.60.